The highest BCUT2D eigenvalue weighted by molar-refractivity contribution is 5.72. The van der Waals surface area contributed by atoms with Gasteiger partial charge in [-0.2, -0.15) is 0 Å². The minimum atomic E-state index is 0.512. The number of ether oxygens (including phenoxy) is 2. The van der Waals surface area contributed by atoms with E-state index in [0.29, 0.717) is 24.9 Å². The summed E-state index contributed by atoms with van der Waals surface area (Å²) >= 11 is 0. The van der Waals surface area contributed by atoms with Crippen LogP contribution in [-0.4, -0.2) is 43.8 Å². The second-order valence-electron chi connectivity index (χ2n) is 5.91. The SMILES string of the molecule is CC(CNc1cc2c(cc1N)OCCO2)N1CCCCC1. The maximum atomic E-state index is 6.10. The molecule has 5 heteroatoms. The molecule has 2 aliphatic rings. The smallest absolute Gasteiger partial charge is 0.163 e. The van der Waals surface area contributed by atoms with Gasteiger partial charge in [0.15, 0.2) is 11.5 Å². The molecule has 5 nitrogen and oxygen atoms in total. The fourth-order valence-electron chi connectivity index (χ4n) is 3.00. The normalized spacial score (nSPS) is 20.0. The Morgan fingerprint density at radius 3 is 2.52 bits per heavy atom. The summed E-state index contributed by atoms with van der Waals surface area (Å²) in [5, 5.41) is 3.46. The van der Waals surface area contributed by atoms with Crippen LogP contribution >= 0.6 is 0 Å². The number of nitrogen functional groups attached to an aromatic ring is 1. The van der Waals surface area contributed by atoms with E-state index < -0.39 is 0 Å². The zero-order valence-electron chi connectivity index (χ0n) is 12.7. The average Bonchev–Trinajstić information content (AvgIpc) is 2.53. The van der Waals surface area contributed by atoms with Crippen molar-refractivity contribution in [2.24, 2.45) is 0 Å². The Morgan fingerprint density at radius 2 is 1.81 bits per heavy atom. The van der Waals surface area contributed by atoms with E-state index in [1.165, 1.54) is 32.4 Å². The van der Waals surface area contributed by atoms with Crippen LogP contribution in [0.5, 0.6) is 11.5 Å². The zero-order valence-corrected chi connectivity index (χ0v) is 12.7. The van der Waals surface area contributed by atoms with Gasteiger partial charge in [-0.3, -0.25) is 4.90 Å². The first kappa shape index (κ1) is 14.3. The van der Waals surface area contributed by atoms with Crippen molar-refractivity contribution in [1.29, 1.82) is 0 Å². The number of piperidine rings is 1. The summed E-state index contributed by atoms with van der Waals surface area (Å²) in [5.74, 6) is 1.52. The van der Waals surface area contributed by atoms with Crippen molar-refractivity contribution in [2.75, 3.05) is 43.9 Å². The topological polar surface area (TPSA) is 59.8 Å². The molecule has 0 bridgehead atoms. The summed E-state index contributed by atoms with van der Waals surface area (Å²) in [6.07, 6.45) is 4.00. The molecule has 0 radical (unpaired) electrons. The molecule has 2 aliphatic heterocycles. The van der Waals surface area contributed by atoms with Crippen LogP contribution in [-0.2, 0) is 0 Å². The Hall–Kier alpha value is -1.62. The predicted octanol–water partition coefficient (Wildman–Crippen LogP) is 2.33. The van der Waals surface area contributed by atoms with Gasteiger partial charge in [0.1, 0.15) is 13.2 Å². The third kappa shape index (κ3) is 3.35. The lowest BCUT2D eigenvalue weighted by Gasteiger charge is -2.32. The van der Waals surface area contributed by atoms with Crippen molar-refractivity contribution in [1.82, 2.24) is 4.90 Å². The van der Waals surface area contributed by atoms with Crippen LogP contribution in [0.3, 0.4) is 0 Å². The fraction of sp³-hybridized carbons (Fsp3) is 0.625. The number of nitrogens with one attached hydrogen (secondary N) is 1. The molecular formula is C16H25N3O2. The molecule has 116 valence electrons. The largest absolute Gasteiger partial charge is 0.486 e. The molecule has 3 rings (SSSR count). The molecule has 0 aliphatic carbocycles. The Balaban J connectivity index is 1.61. The Kier molecular flexibility index (Phi) is 4.39. The van der Waals surface area contributed by atoms with Gasteiger partial charge in [-0.15, -0.1) is 0 Å². The van der Waals surface area contributed by atoms with Crippen molar-refractivity contribution < 1.29 is 9.47 Å². The van der Waals surface area contributed by atoms with Crippen LogP contribution in [0.15, 0.2) is 12.1 Å². The van der Waals surface area contributed by atoms with Crippen molar-refractivity contribution in [3.05, 3.63) is 12.1 Å². The molecule has 1 aromatic rings. The van der Waals surface area contributed by atoms with Gasteiger partial charge in [0.25, 0.3) is 0 Å². The van der Waals surface area contributed by atoms with E-state index in [1.54, 1.807) is 0 Å². The molecular weight excluding hydrogens is 266 g/mol. The van der Waals surface area contributed by atoms with Crippen LogP contribution < -0.4 is 20.5 Å². The van der Waals surface area contributed by atoms with Gasteiger partial charge in [0.2, 0.25) is 0 Å². The van der Waals surface area contributed by atoms with E-state index in [9.17, 15) is 0 Å². The molecule has 0 saturated carbocycles. The van der Waals surface area contributed by atoms with Crippen LogP contribution in [0.2, 0.25) is 0 Å². The van der Waals surface area contributed by atoms with E-state index in [4.69, 9.17) is 15.2 Å². The lowest BCUT2D eigenvalue weighted by Crippen LogP contribution is -2.41. The average molecular weight is 291 g/mol. The third-order valence-electron chi connectivity index (χ3n) is 4.32. The van der Waals surface area contributed by atoms with Crippen LogP contribution in [0.4, 0.5) is 11.4 Å². The molecule has 1 saturated heterocycles. The first-order valence-electron chi connectivity index (χ1n) is 7.91. The fourth-order valence-corrected chi connectivity index (χ4v) is 3.00. The molecule has 1 aromatic carbocycles. The lowest BCUT2D eigenvalue weighted by molar-refractivity contribution is 0.171. The summed E-state index contributed by atoms with van der Waals surface area (Å²) in [5.41, 5.74) is 7.74. The van der Waals surface area contributed by atoms with E-state index in [-0.39, 0.29) is 0 Å². The van der Waals surface area contributed by atoms with Crippen molar-refractivity contribution in [3.63, 3.8) is 0 Å². The quantitative estimate of drug-likeness (QED) is 0.834. The summed E-state index contributed by atoms with van der Waals surface area (Å²) in [6.45, 7) is 6.76. The van der Waals surface area contributed by atoms with Gasteiger partial charge in [-0.25, -0.2) is 0 Å². The molecule has 3 N–H and O–H groups in total. The number of benzene rings is 1. The highest BCUT2D eigenvalue weighted by Crippen LogP contribution is 2.36. The summed E-state index contributed by atoms with van der Waals surface area (Å²) in [6, 6.07) is 4.31. The number of likely N-dealkylation sites (tertiary alicyclic amines) is 1. The number of rotatable bonds is 4. The first-order chi connectivity index (χ1) is 10.2. The van der Waals surface area contributed by atoms with Gasteiger partial charge >= 0.3 is 0 Å². The minimum Gasteiger partial charge on any atom is -0.486 e. The molecule has 1 fully saturated rings. The van der Waals surface area contributed by atoms with Gasteiger partial charge in [0.05, 0.1) is 11.4 Å². The summed E-state index contributed by atoms with van der Waals surface area (Å²) < 4.78 is 11.2. The monoisotopic (exact) mass is 291 g/mol. The maximum absolute atomic E-state index is 6.10. The summed E-state index contributed by atoms with van der Waals surface area (Å²) in [7, 11) is 0. The van der Waals surface area contributed by atoms with Crippen molar-refractivity contribution in [2.45, 2.75) is 32.2 Å². The van der Waals surface area contributed by atoms with Crippen LogP contribution in [0, 0.1) is 0 Å². The number of hydrogen-bond donors (Lipinski definition) is 2. The highest BCUT2D eigenvalue weighted by atomic mass is 16.6. The van der Waals surface area contributed by atoms with Crippen molar-refractivity contribution >= 4 is 11.4 Å². The standard InChI is InChI=1S/C16H25N3O2/c1-12(19-5-3-2-4-6-19)11-18-14-10-16-15(9-13(14)17)20-7-8-21-16/h9-10,12,18H,2-8,11,17H2,1H3. The molecule has 2 heterocycles. The number of fused-ring (bicyclic) bond motifs is 1. The van der Waals surface area contributed by atoms with Crippen LogP contribution in [0.1, 0.15) is 26.2 Å². The van der Waals surface area contributed by atoms with E-state index in [1.807, 2.05) is 12.1 Å². The maximum Gasteiger partial charge on any atom is 0.163 e. The highest BCUT2D eigenvalue weighted by Gasteiger charge is 2.18. The lowest BCUT2D eigenvalue weighted by atomic mass is 10.1. The third-order valence-corrected chi connectivity index (χ3v) is 4.32. The Bertz CT molecular complexity index is 487. The molecule has 1 unspecified atom stereocenters. The number of anilines is 2. The molecule has 1 atom stereocenters. The zero-order chi connectivity index (χ0) is 14.7. The molecule has 21 heavy (non-hydrogen) atoms. The molecule has 0 amide bonds. The van der Waals surface area contributed by atoms with Crippen molar-refractivity contribution in [3.8, 4) is 11.5 Å². The molecule has 0 aromatic heterocycles. The van der Waals surface area contributed by atoms with E-state index in [0.717, 1.165) is 23.7 Å². The van der Waals surface area contributed by atoms with E-state index >= 15 is 0 Å². The van der Waals surface area contributed by atoms with Crippen LogP contribution in [0.25, 0.3) is 0 Å². The van der Waals surface area contributed by atoms with E-state index in [2.05, 4.69) is 17.1 Å². The minimum absolute atomic E-state index is 0.512. The Labute approximate surface area is 126 Å². The predicted molar refractivity (Wildman–Crippen MR) is 85.2 cm³/mol. The second-order valence-corrected chi connectivity index (χ2v) is 5.91. The number of nitrogens with zero attached hydrogens (tertiary/aromatic N) is 1. The van der Waals surface area contributed by atoms with Gasteiger partial charge < -0.3 is 20.5 Å². The second kappa shape index (κ2) is 6.43. The Morgan fingerprint density at radius 1 is 1.14 bits per heavy atom. The van der Waals surface area contributed by atoms with Gasteiger partial charge in [0, 0.05) is 24.7 Å². The number of hydrogen-bond acceptors (Lipinski definition) is 5. The van der Waals surface area contributed by atoms with Gasteiger partial charge in [-0.1, -0.05) is 6.42 Å². The van der Waals surface area contributed by atoms with Gasteiger partial charge in [-0.05, 0) is 32.9 Å². The number of nitrogens with two attached hydrogens (primary N) is 1. The molecule has 0 spiro atoms. The summed E-state index contributed by atoms with van der Waals surface area (Å²) in [4.78, 5) is 2.55. The first-order valence-corrected chi connectivity index (χ1v) is 7.91.